The van der Waals surface area contributed by atoms with E-state index in [0.717, 1.165) is 16.7 Å². The molecular weight excluding hydrogens is 456 g/mol. The number of non-ortho nitro benzene ring substituents is 1. The van der Waals surface area contributed by atoms with Gasteiger partial charge in [0, 0.05) is 17.2 Å². The predicted molar refractivity (Wildman–Crippen MR) is 120 cm³/mol. The number of nitrogens with zero attached hydrogens (tertiary/aromatic N) is 2. The Morgan fingerprint density at radius 3 is 2.69 bits per heavy atom. The van der Waals surface area contributed by atoms with Crippen molar-refractivity contribution in [2.45, 2.75) is 6.54 Å². The summed E-state index contributed by atoms with van der Waals surface area (Å²) in [6.45, 7) is 0.0745. The molecule has 32 heavy (non-hydrogen) atoms. The summed E-state index contributed by atoms with van der Waals surface area (Å²) < 4.78 is 11.0. The standard InChI is InChI=1S/C22H15ClN2O6S/c1-30-19-10-14(25(28)29)6-8-16(19)18-9-7-15(31-18)11-20-21(26)24(22(27)32-20)12-13-4-2-3-5-17(13)23/h2-11H,12H2,1H3/b20-11+. The lowest BCUT2D eigenvalue weighted by Crippen LogP contribution is -2.27. The van der Waals surface area contributed by atoms with Crippen molar-refractivity contribution in [3.8, 4) is 17.1 Å². The van der Waals surface area contributed by atoms with Crippen molar-refractivity contribution in [3.63, 3.8) is 0 Å². The van der Waals surface area contributed by atoms with Crippen LogP contribution in [0.3, 0.4) is 0 Å². The van der Waals surface area contributed by atoms with Gasteiger partial charge in [0.25, 0.3) is 16.8 Å². The highest BCUT2D eigenvalue weighted by molar-refractivity contribution is 8.18. The van der Waals surface area contributed by atoms with Gasteiger partial charge in [0.15, 0.2) is 0 Å². The first-order chi connectivity index (χ1) is 15.4. The highest BCUT2D eigenvalue weighted by Crippen LogP contribution is 2.37. The molecule has 2 heterocycles. The molecule has 0 N–H and O–H groups in total. The number of ether oxygens (including phenoxy) is 1. The lowest BCUT2D eigenvalue weighted by atomic mass is 10.1. The molecule has 0 bridgehead atoms. The Balaban J connectivity index is 1.57. The van der Waals surface area contributed by atoms with Gasteiger partial charge in [-0.15, -0.1) is 0 Å². The van der Waals surface area contributed by atoms with Crippen LogP contribution in [0.2, 0.25) is 5.02 Å². The molecule has 0 saturated carbocycles. The number of imide groups is 1. The fraction of sp³-hybridized carbons (Fsp3) is 0.0909. The van der Waals surface area contributed by atoms with E-state index in [-0.39, 0.29) is 22.9 Å². The number of nitro benzene ring substituents is 1. The van der Waals surface area contributed by atoms with E-state index in [4.69, 9.17) is 20.8 Å². The Hall–Kier alpha value is -3.56. The van der Waals surface area contributed by atoms with E-state index in [1.165, 1.54) is 31.4 Å². The highest BCUT2D eigenvalue weighted by atomic mass is 35.5. The fourth-order valence-corrected chi connectivity index (χ4v) is 4.15. The molecule has 0 aliphatic carbocycles. The van der Waals surface area contributed by atoms with Crippen LogP contribution in [0.5, 0.6) is 5.75 Å². The Bertz CT molecular complexity index is 1270. The second-order valence-corrected chi connectivity index (χ2v) is 8.10. The number of hydrogen-bond acceptors (Lipinski definition) is 7. The van der Waals surface area contributed by atoms with Crippen molar-refractivity contribution >= 4 is 46.3 Å². The zero-order chi connectivity index (χ0) is 22.8. The number of nitro groups is 1. The maximum Gasteiger partial charge on any atom is 0.293 e. The summed E-state index contributed by atoms with van der Waals surface area (Å²) in [6.07, 6.45) is 1.48. The van der Waals surface area contributed by atoms with Crippen molar-refractivity contribution in [1.29, 1.82) is 0 Å². The molecule has 1 aromatic heterocycles. The first kappa shape index (κ1) is 21.7. The highest BCUT2D eigenvalue weighted by Gasteiger charge is 2.35. The molecule has 10 heteroatoms. The van der Waals surface area contributed by atoms with E-state index in [0.29, 0.717) is 27.7 Å². The number of hydrogen-bond donors (Lipinski definition) is 0. The predicted octanol–water partition coefficient (Wildman–Crippen LogP) is 5.75. The maximum atomic E-state index is 12.8. The molecule has 1 saturated heterocycles. The minimum absolute atomic E-state index is 0.0745. The Morgan fingerprint density at radius 2 is 1.97 bits per heavy atom. The number of amides is 2. The van der Waals surface area contributed by atoms with Crippen molar-refractivity contribution < 1.29 is 23.7 Å². The summed E-state index contributed by atoms with van der Waals surface area (Å²) >= 11 is 6.96. The summed E-state index contributed by atoms with van der Waals surface area (Å²) in [5, 5.41) is 11.1. The normalized spacial score (nSPS) is 14.9. The largest absolute Gasteiger partial charge is 0.496 e. The van der Waals surface area contributed by atoms with Crippen LogP contribution in [0, 0.1) is 10.1 Å². The van der Waals surface area contributed by atoms with Crippen LogP contribution in [-0.2, 0) is 11.3 Å². The van der Waals surface area contributed by atoms with Gasteiger partial charge in [0.05, 0.1) is 35.1 Å². The van der Waals surface area contributed by atoms with Crippen LogP contribution in [0.4, 0.5) is 10.5 Å². The lowest BCUT2D eigenvalue weighted by molar-refractivity contribution is -0.384. The monoisotopic (exact) mass is 470 g/mol. The minimum atomic E-state index is -0.515. The van der Waals surface area contributed by atoms with Crippen LogP contribution >= 0.6 is 23.4 Å². The van der Waals surface area contributed by atoms with Crippen LogP contribution in [0.1, 0.15) is 11.3 Å². The smallest absolute Gasteiger partial charge is 0.293 e. The van der Waals surface area contributed by atoms with Crippen LogP contribution < -0.4 is 4.74 Å². The van der Waals surface area contributed by atoms with Gasteiger partial charge in [-0.3, -0.25) is 24.6 Å². The molecule has 0 spiro atoms. The van der Waals surface area contributed by atoms with Gasteiger partial charge >= 0.3 is 0 Å². The molecule has 0 unspecified atom stereocenters. The van der Waals surface area contributed by atoms with Crippen molar-refractivity contribution in [2.75, 3.05) is 7.11 Å². The molecule has 3 aromatic rings. The topological polar surface area (TPSA) is 103 Å². The molecule has 2 aromatic carbocycles. The summed E-state index contributed by atoms with van der Waals surface area (Å²) in [5.41, 5.74) is 1.08. The Labute approximate surface area is 191 Å². The van der Waals surface area contributed by atoms with Crippen LogP contribution in [-0.4, -0.2) is 28.1 Å². The third-order valence-corrected chi connectivity index (χ3v) is 6.00. The van der Waals surface area contributed by atoms with E-state index in [2.05, 4.69) is 0 Å². The molecule has 0 atom stereocenters. The number of halogens is 1. The number of furan rings is 1. The van der Waals surface area contributed by atoms with Gasteiger partial charge in [-0.05, 0) is 41.6 Å². The first-order valence-corrected chi connectivity index (χ1v) is 10.5. The van der Waals surface area contributed by atoms with E-state index in [1.54, 1.807) is 36.4 Å². The average molecular weight is 471 g/mol. The Kier molecular flexibility index (Phi) is 6.02. The zero-order valence-corrected chi connectivity index (χ0v) is 18.2. The van der Waals surface area contributed by atoms with E-state index >= 15 is 0 Å². The minimum Gasteiger partial charge on any atom is -0.496 e. The third-order valence-electron chi connectivity index (χ3n) is 4.72. The van der Waals surface area contributed by atoms with Crippen molar-refractivity contribution in [3.05, 3.63) is 86.0 Å². The molecule has 162 valence electrons. The summed E-state index contributed by atoms with van der Waals surface area (Å²) in [6, 6.07) is 14.5. The molecule has 1 fully saturated rings. The van der Waals surface area contributed by atoms with E-state index in [9.17, 15) is 19.7 Å². The summed E-state index contributed by atoms with van der Waals surface area (Å²) in [4.78, 5) is 37.0. The second kappa shape index (κ2) is 8.89. The van der Waals surface area contributed by atoms with Crippen molar-refractivity contribution in [1.82, 2.24) is 4.90 Å². The summed E-state index contributed by atoms with van der Waals surface area (Å²) in [5.74, 6) is 0.591. The van der Waals surface area contributed by atoms with Gasteiger partial charge in [0.2, 0.25) is 0 Å². The molecule has 0 radical (unpaired) electrons. The van der Waals surface area contributed by atoms with Gasteiger partial charge in [-0.2, -0.15) is 0 Å². The van der Waals surface area contributed by atoms with Crippen LogP contribution in [0.25, 0.3) is 17.4 Å². The number of carbonyl (C=O) groups excluding carboxylic acids is 2. The average Bonchev–Trinajstić information content (AvgIpc) is 3.34. The third kappa shape index (κ3) is 4.25. The molecule has 4 rings (SSSR count). The lowest BCUT2D eigenvalue weighted by Gasteiger charge is -2.13. The van der Waals surface area contributed by atoms with Gasteiger partial charge in [-0.1, -0.05) is 29.8 Å². The maximum absolute atomic E-state index is 12.8. The number of methoxy groups -OCH3 is 1. The zero-order valence-electron chi connectivity index (χ0n) is 16.6. The van der Waals surface area contributed by atoms with E-state index < -0.39 is 16.1 Å². The molecule has 1 aliphatic heterocycles. The van der Waals surface area contributed by atoms with Gasteiger partial charge in [0.1, 0.15) is 17.3 Å². The van der Waals surface area contributed by atoms with Gasteiger partial charge < -0.3 is 9.15 Å². The molecule has 8 nitrogen and oxygen atoms in total. The first-order valence-electron chi connectivity index (χ1n) is 9.29. The number of rotatable bonds is 6. The van der Waals surface area contributed by atoms with E-state index in [1.807, 2.05) is 0 Å². The number of thioether (sulfide) groups is 1. The Morgan fingerprint density at radius 1 is 1.19 bits per heavy atom. The fourth-order valence-electron chi connectivity index (χ4n) is 3.13. The van der Waals surface area contributed by atoms with Crippen LogP contribution in [0.15, 0.2) is 63.9 Å². The molecule has 1 aliphatic rings. The number of carbonyl (C=O) groups is 2. The number of benzene rings is 2. The summed E-state index contributed by atoms with van der Waals surface area (Å²) in [7, 11) is 1.40. The molecular formula is C22H15ClN2O6S. The van der Waals surface area contributed by atoms with Gasteiger partial charge in [-0.25, -0.2) is 0 Å². The quantitative estimate of drug-likeness (QED) is 0.256. The van der Waals surface area contributed by atoms with Crippen molar-refractivity contribution in [2.24, 2.45) is 0 Å². The molecule has 2 amide bonds. The SMILES string of the molecule is COc1cc([N+](=O)[O-])ccc1-c1ccc(/C=C2/SC(=O)N(Cc3ccccc3Cl)C2=O)o1. The second-order valence-electron chi connectivity index (χ2n) is 6.70.